The van der Waals surface area contributed by atoms with Gasteiger partial charge in [-0.2, -0.15) is 0 Å². The topological polar surface area (TPSA) is 42.3 Å². The average Bonchev–Trinajstić information content (AvgIpc) is 2.46. The molecule has 3 nitrogen and oxygen atoms in total. The van der Waals surface area contributed by atoms with Gasteiger partial charge < -0.3 is 9.47 Å². The molecule has 1 N–H and O–H groups in total. The lowest BCUT2D eigenvalue weighted by Crippen LogP contribution is -2.02. The van der Waals surface area contributed by atoms with Crippen molar-refractivity contribution in [3.8, 4) is 5.75 Å². The summed E-state index contributed by atoms with van der Waals surface area (Å²) in [7, 11) is 1.49. The van der Waals surface area contributed by atoms with Crippen LogP contribution >= 0.6 is 0 Å². The molecule has 20 heavy (non-hydrogen) atoms. The minimum absolute atomic E-state index is 0.141. The van der Waals surface area contributed by atoms with E-state index in [4.69, 9.17) is 14.9 Å². The van der Waals surface area contributed by atoms with E-state index in [2.05, 4.69) is 32.0 Å². The molecule has 0 aromatic heterocycles. The van der Waals surface area contributed by atoms with Gasteiger partial charge in [-0.05, 0) is 43.2 Å². The van der Waals surface area contributed by atoms with Crippen molar-refractivity contribution in [2.45, 2.75) is 20.5 Å². The molecular weight excluding hydrogens is 250 g/mol. The van der Waals surface area contributed by atoms with Crippen LogP contribution in [-0.4, -0.2) is 13.0 Å². The molecule has 3 heteroatoms. The van der Waals surface area contributed by atoms with Crippen LogP contribution in [0.2, 0.25) is 0 Å². The molecule has 0 aliphatic heterocycles. The molecule has 0 fully saturated rings. The molecule has 104 valence electrons. The molecule has 0 bridgehead atoms. The summed E-state index contributed by atoms with van der Waals surface area (Å²) in [4.78, 5) is 0. The molecule has 0 unspecified atom stereocenters. The van der Waals surface area contributed by atoms with Crippen molar-refractivity contribution in [3.63, 3.8) is 0 Å². The number of hydrogen-bond acceptors (Lipinski definition) is 3. The first kappa shape index (κ1) is 14.1. The second-order valence-electron chi connectivity index (χ2n) is 4.78. The molecule has 2 rings (SSSR count). The molecule has 0 aliphatic carbocycles. The Kier molecular flexibility index (Phi) is 4.41. The van der Waals surface area contributed by atoms with Gasteiger partial charge in [-0.3, -0.25) is 5.41 Å². The highest BCUT2D eigenvalue weighted by atomic mass is 16.5. The standard InChI is InChI=1S/C17H19NO2/c1-12-7-8-15(13(2)9-12)11-20-16-6-4-5-14(10-16)17(18)19-3/h4-10,18H,11H2,1-3H3. The minimum Gasteiger partial charge on any atom is -0.489 e. The van der Waals surface area contributed by atoms with Crippen molar-refractivity contribution >= 4 is 5.90 Å². The highest BCUT2D eigenvalue weighted by molar-refractivity contribution is 5.91. The third-order valence-corrected chi connectivity index (χ3v) is 3.19. The zero-order valence-electron chi connectivity index (χ0n) is 12.1. The van der Waals surface area contributed by atoms with E-state index in [0.717, 1.165) is 5.75 Å². The van der Waals surface area contributed by atoms with Crippen molar-refractivity contribution < 1.29 is 9.47 Å². The van der Waals surface area contributed by atoms with E-state index in [0.29, 0.717) is 12.2 Å². The maximum Gasteiger partial charge on any atom is 0.213 e. The highest BCUT2D eigenvalue weighted by Crippen LogP contribution is 2.17. The third-order valence-electron chi connectivity index (χ3n) is 3.19. The van der Waals surface area contributed by atoms with Crippen molar-refractivity contribution in [1.82, 2.24) is 0 Å². The normalized spacial score (nSPS) is 10.2. The van der Waals surface area contributed by atoms with Crippen LogP contribution in [0.15, 0.2) is 42.5 Å². The van der Waals surface area contributed by atoms with Crippen LogP contribution in [0.3, 0.4) is 0 Å². The van der Waals surface area contributed by atoms with Crippen molar-refractivity contribution in [1.29, 1.82) is 5.41 Å². The predicted molar refractivity (Wildman–Crippen MR) is 80.5 cm³/mol. The number of methoxy groups -OCH3 is 1. The Morgan fingerprint density at radius 1 is 1.10 bits per heavy atom. The Morgan fingerprint density at radius 2 is 1.90 bits per heavy atom. The Hall–Kier alpha value is -2.29. The largest absolute Gasteiger partial charge is 0.489 e. The second kappa shape index (κ2) is 6.24. The monoisotopic (exact) mass is 269 g/mol. The van der Waals surface area contributed by atoms with Gasteiger partial charge in [-0.15, -0.1) is 0 Å². The molecule has 0 atom stereocenters. The van der Waals surface area contributed by atoms with E-state index in [9.17, 15) is 0 Å². The van der Waals surface area contributed by atoms with Gasteiger partial charge in [-0.1, -0.05) is 29.8 Å². The lowest BCUT2D eigenvalue weighted by molar-refractivity contribution is 0.305. The Bertz CT molecular complexity index is 620. The summed E-state index contributed by atoms with van der Waals surface area (Å²) in [6.07, 6.45) is 0. The van der Waals surface area contributed by atoms with Crippen LogP contribution in [0.4, 0.5) is 0 Å². The fourth-order valence-electron chi connectivity index (χ4n) is 2.01. The summed E-state index contributed by atoms with van der Waals surface area (Å²) < 4.78 is 10.7. The molecular formula is C17H19NO2. The van der Waals surface area contributed by atoms with Gasteiger partial charge in [0, 0.05) is 5.56 Å². The Morgan fingerprint density at radius 3 is 2.60 bits per heavy atom. The fraction of sp³-hybridized carbons (Fsp3) is 0.235. The molecule has 2 aromatic carbocycles. The van der Waals surface area contributed by atoms with Gasteiger partial charge in [0.25, 0.3) is 0 Å². The second-order valence-corrected chi connectivity index (χ2v) is 4.78. The first-order valence-electron chi connectivity index (χ1n) is 6.52. The fourth-order valence-corrected chi connectivity index (χ4v) is 2.01. The van der Waals surface area contributed by atoms with Gasteiger partial charge in [-0.25, -0.2) is 0 Å². The van der Waals surface area contributed by atoms with Crippen molar-refractivity contribution in [3.05, 3.63) is 64.7 Å². The molecule has 0 saturated heterocycles. The number of benzene rings is 2. The van der Waals surface area contributed by atoms with Crippen LogP contribution in [0.25, 0.3) is 0 Å². The molecule has 0 saturated carbocycles. The zero-order chi connectivity index (χ0) is 14.5. The third kappa shape index (κ3) is 3.38. The number of nitrogens with one attached hydrogen (secondary N) is 1. The number of ether oxygens (including phenoxy) is 2. The minimum atomic E-state index is 0.141. The van der Waals surface area contributed by atoms with E-state index in [1.54, 1.807) is 0 Å². The molecule has 0 radical (unpaired) electrons. The van der Waals surface area contributed by atoms with E-state index in [-0.39, 0.29) is 5.90 Å². The summed E-state index contributed by atoms with van der Waals surface area (Å²) in [5.41, 5.74) is 4.36. The van der Waals surface area contributed by atoms with Gasteiger partial charge in [0.05, 0.1) is 7.11 Å². The summed E-state index contributed by atoms with van der Waals surface area (Å²) in [5, 5.41) is 7.65. The van der Waals surface area contributed by atoms with E-state index in [1.165, 1.54) is 23.8 Å². The zero-order valence-corrected chi connectivity index (χ0v) is 12.1. The molecule has 0 heterocycles. The van der Waals surface area contributed by atoms with Gasteiger partial charge in [0.2, 0.25) is 5.90 Å². The van der Waals surface area contributed by atoms with Crippen molar-refractivity contribution in [2.24, 2.45) is 0 Å². The van der Waals surface area contributed by atoms with Gasteiger partial charge in [0.15, 0.2) is 0 Å². The lowest BCUT2D eigenvalue weighted by atomic mass is 10.1. The van der Waals surface area contributed by atoms with Crippen LogP contribution in [0, 0.1) is 19.3 Å². The number of hydrogen-bond donors (Lipinski definition) is 1. The van der Waals surface area contributed by atoms with Crippen LogP contribution in [0.1, 0.15) is 22.3 Å². The van der Waals surface area contributed by atoms with Crippen LogP contribution in [0.5, 0.6) is 5.75 Å². The Labute approximate surface area is 119 Å². The first-order valence-corrected chi connectivity index (χ1v) is 6.52. The SMILES string of the molecule is COC(=N)c1cccc(OCc2ccc(C)cc2C)c1. The quantitative estimate of drug-likeness (QED) is 0.676. The molecule has 0 spiro atoms. The summed E-state index contributed by atoms with van der Waals surface area (Å²) >= 11 is 0. The first-order chi connectivity index (χ1) is 9.60. The van der Waals surface area contributed by atoms with E-state index >= 15 is 0 Å². The lowest BCUT2D eigenvalue weighted by Gasteiger charge is -2.10. The van der Waals surface area contributed by atoms with Crippen LogP contribution < -0.4 is 4.74 Å². The van der Waals surface area contributed by atoms with Gasteiger partial charge >= 0.3 is 0 Å². The van der Waals surface area contributed by atoms with Crippen LogP contribution in [-0.2, 0) is 11.3 Å². The van der Waals surface area contributed by atoms with Gasteiger partial charge in [0.1, 0.15) is 12.4 Å². The predicted octanol–water partition coefficient (Wildman–Crippen LogP) is 3.85. The summed E-state index contributed by atoms with van der Waals surface area (Å²) in [6.45, 7) is 4.69. The molecule has 0 amide bonds. The smallest absolute Gasteiger partial charge is 0.213 e. The summed E-state index contributed by atoms with van der Waals surface area (Å²) in [6, 6.07) is 13.7. The summed E-state index contributed by atoms with van der Waals surface area (Å²) in [5.74, 6) is 0.881. The molecule has 2 aromatic rings. The maximum atomic E-state index is 7.65. The highest BCUT2D eigenvalue weighted by Gasteiger charge is 2.04. The van der Waals surface area contributed by atoms with E-state index < -0.39 is 0 Å². The number of aryl methyl sites for hydroxylation is 2. The molecule has 0 aliphatic rings. The average molecular weight is 269 g/mol. The Balaban J connectivity index is 2.09. The maximum absolute atomic E-state index is 7.65. The number of rotatable bonds is 4. The van der Waals surface area contributed by atoms with Crippen molar-refractivity contribution in [2.75, 3.05) is 7.11 Å². The van der Waals surface area contributed by atoms with E-state index in [1.807, 2.05) is 24.3 Å².